The Morgan fingerprint density at radius 2 is 1.96 bits per heavy atom. The first-order chi connectivity index (χ1) is 11.9. The number of hydrogen-bond donors (Lipinski definition) is 0. The summed E-state index contributed by atoms with van der Waals surface area (Å²) in [6.45, 7) is 2.22. The second-order valence-electron chi connectivity index (χ2n) is 5.26. The normalized spacial score (nSPS) is 18.4. The molecule has 1 aliphatic heterocycles. The molecule has 0 unspecified atom stereocenters. The minimum absolute atomic E-state index is 0.0789. The minimum atomic E-state index is -3.16. The van der Waals surface area contributed by atoms with E-state index in [0.717, 1.165) is 0 Å². The average Bonchev–Trinajstić information content (AvgIpc) is 3.08. The maximum atomic E-state index is 13.2. The standard InChI is InChI=1S/C13H20Cl2N5O4P/c1-17-12(16-11-13(17)20(21)22)3-2-10-24-25(23)18(6-4-14)8-9-19(25)7-5-15/h2-3,11H,4-10H2,1H3. The Morgan fingerprint density at radius 1 is 1.36 bits per heavy atom. The van der Waals surface area contributed by atoms with Crippen LogP contribution < -0.4 is 0 Å². The smallest absolute Gasteiger partial charge is 0.346 e. The van der Waals surface area contributed by atoms with Crippen molar-refractivity contribution in [1.82, 2.24) is 18.9 Å². The Hall–Kier alpha value is -0.960. The molecule has 25 heavy (non-hydrogen) atoms. The molecule has 12 heteroatoms. The molecule has 1 saturated heterocycles. The molecule has 0 bridgehead atoms. The van der Waals surface area contributed by atoms with E-state index in [-0.39, 0.29) is 12.4 Å². The third-order valence-corrected chi connectivity index (χ3v) is 6.86. The van der Waals surface area contributed by atoms with Crippen LogP contribution in [0, 0.1) is 10.1 Å². The van der Waals surface area contributed by atoms with Gasteiger partial charge in [-0.2, -0.15) is 0 Å². The molecule has 0 amide bonds. The van der Waals surface area contributed by atoms with E-state index in [1.165, 1.54) is 10.8 Å². The van der Waals surface area contributed by atoms with Gasteiger partial charge in [-0.05, 0) is 4.92 Å². The number of nitro groups is 1. The van der Waals surface area contributed by atoms with Crippen molar-refractivity contribution in [2.45, 2.75) is 0 Å². The van der Waals surface area contributed by atoms with E-state index in [1.54, 1.807) is 28.5 Å². The lowest BCUT2D eigenvalue weighted by Gasteiger charge is -2.28. The first kappa shape index (κ1) is 20.4. The zero-order valence-corrected chi connectivity index (χ0v) is 16.2. The van der Waals surface area contributed by atoms with Crippen LogP contribution in [0.4, 0.5) is 5.82 Å². The zero-order chi connectivity index (χ0) is 18.4. The molecule has 1 aromatic rings. The van der Waals surface area contributed by atoms with Gasteiger partial charge in [0.25, 0.3) is 0 Å². The molecule has 2 heterocycles. The topological polar surface area (TPSA) is 93.7 Å². The lowest BCUT2D eigenvalue weighted by Crippen LogP contribution is -2.24. The SMILES string of the molecule is Cn1c([N+](=O)[O-])cnc1C=CCOP1(=O)N(CCCl)CCN1CCCl. The summed E-state index contributed by atoms with van der Waals surface area (Å²) in [5, 5.41) is 10.8. The second-order valence-corrected chi connectivity index (χ2v) is 8.39. The third kappa shape index (κ3) is 4.61. The number of halogens is 2. The van der Waals surface area contributed by atoms with E-state index >= 15 is 0 Å². The van der Waals surface area contributed by atoms with Crippen molar-refractivity contribution in [2.75, 3.05) is 44.5 Å². The van der Waals surface area contributed by atoms with Crippen molar-refractivity contribution in [1.29, 1.82) is 0 Å². The highest BCUT2D eigenvalue weighted by molar-refractivity contribution is 7.54. The third-order valence-electron chi connectivity index (χ3n) is 3.81. The summed E-state index contributed by atoms with van der Waals surface area (Å²) < 4.78 is 23.7. The highest BCUT2D eigenvalue weighted by Crippen LogP contribution is 2.57. The molecule has 0 saturated carbocycles. The summed E-state index contributed by atoms with van der Waals surface area (Å²) in [4.78, 5) is 14.3. The van der Waals surface area contributed by atoms with Gasteiger partial charge in [0.2, 0.25) is 5.82 Å². The van der Waals surface area contributed by atoms with Crippen molar-refractivity contribution >= 4 is 42.8 Å². The number of alkyl halides is 2. The van der Waals surface area contributed by atoms with Gasteiger partial charge >= 0.3 is 13.5 Å². The van der Waals surface area contributed by atoms with Crippen LogP contribution >= 0.6 is 30.9 Å². The number of nitrogens with zero attached hydrogens (tertiary/aromatic N) is 5. The van der Waals surface area contributed by atoms with Gasteiger partial charge in [0.05, 0.1) is 13.7 Å². The molecule has 2 rings (SSSR count). The molecule has 9 nitrogen and oxygen atoms in total. The predicted octanol–water partition coefficient (Wildman–Crippen LogP) is 2.56. The lowest BCUT2D eigenvalue weighted by molar-refractivity contribution is -0.391. The fourth-order valence-corrected chi connectivity index (χ4v) is 5.53. The first-order valence-corrected chi connectivity index (χ1v) is 10.2. The zero-order valence-electron chi connectivity index (χ0n) is 13.8. The number of hydrogen-bond acceptors (Lipinski definition) is 5. The van der Waals surface area contributed by atoms with Gasteiger partial charge in [-0.25, -0.2) is 18.9 Å². The average molecular weight is 412 g/mol. The number of imidazole rings is 1. The summed E-state index contributed by atoms with van der Waals surface area (Å²) in [6, 6.07) is 0. The Kier molecular flexibility index (Phi) is 7.42. The number of aromatic nitrogens is 2. The molecule has 0 aliphatic carbocycles. The van der Waals surface area contributed by atoms with Crippen LogP contribution in [0.1, 0.15) is 5.82 Å². The maximum Gasteiger partial charge on any atom is 0.346 e. The summed E-state index contributed by atoms with van der Waals surface area (Å²) in [5.41, 5.74) is 0. The molecule has 1 aromatic heterocycles. The van der Waals surface area contributed by atoms with Gasteiger partial charge < -0.3 is 14.6 Å². The van der Waals surface area contributed by atoms with Crippen LogP contribution in [-0.2, 0) is 16.1 Å². The van der Waals surface area contributed by atoms with Crippen LogP contribution in [0.25, 0.3) is 6.08 Å². The maximum absolute atomic E-state index is 13.2. The summed E-state index contributed by atoms with van der Waals surface area (Å²) >= 11 is 11.6. The van der Waals surface area contributed by atoms with Gasteiger partial charge in [0, 0.05) is 44.0 Å². The molecule has 0 radical (unpaired) electrons. The fourth-order valence-electron chi connectivity index (χ4n) is 2.53. The minimum Gasteiger partial charge on any atom is -0.358 e. The largest absolute Gasteiger partial charge is 0.358 e. The lowest BCUT2D eigenvalue weighted by atomic mass is 10.5. The van der Waals surface area contributed by atoms with E-state index < -0.39 is 12.6 Å². The molecule has 0 atom stereocenters. The van der Waals surface area contributed by atoms with E-state index in [2.05, 4.69) is 4.98 Å². The first-order valence-electron chi connectivity index (χ1n) is 7.64. The molecular formula is C13H20Cl2N5O4P. The molecule has 0 N–H and O–H groups in total. The highest BCUT2D eigenvalue weighted by atomic mass is 35.5. The van der Waals surface area contributed by atoms with Gasteiger partial charge in [-0.1, -0.05) is 6.08 Å². The molecule has 0 spiro atoms. The van der Waals surface area contributed by atoms with E-state index in [0.29, 0.717) is 43.8 Å². The Balaban J connectivity index is 2.02. The molecule has 1 aliphatic rings. The van der Waals surface area contributed by atoms with Crippen LogP contribution in [-0.4, -0.2) is 68.4 Å². The fraction of sp³-hybridized carbons (Fsp3) is 0.615. The van der Waals surface area contributed by atoms with Crippen molar-refractivity contribution < 1.29 is 14.0 Å². The highest BCUT2D eigenvalue weighted by Gasteiger charge is 2.43. The van der Waals surface area contributed by atoms with Gasteiger partial charge in [-0.3, -0.25) is 4.57 Å². The van der Waals surface area contributed by atoms with Crippen LogP contribution in [0.15, 0.2) is 12.3 Å². The Morgan fingerprint density at radius 3 is 2.44 bits per heavy atom. The van der Waals surface area contributed by atoms with Gasteiger partial charge in [0.1, 0.15) is 6.20 Å². The van der Waals surface area contributed by atoms with E-state index in [4.69, 9.17) is 27.7 Å². The van der Waals surface area contributed by atoms with Crippen LogP contribution in [0.3, 0.4) is 0 Å². The Bertz CT molecular complexity index is 665. The molecule has 0 aromatic carbocycles. The molecular weight excluding hydrogens is 392 g/mol. The van der Waals surface area contributed by atoms with Crippen molar-refractivity contribution in [3.63, 3.8) is 0 Å². The predicted molar refractivity (Wildman–Crippen MR) is 97.0 cm³/mol. The van der Waals surface area contributed by atoms with Gasteiger partial charge in [-0.15, -0.1) is 23.2 Å². The van der Waals surface area contributed by atoms with Crippen LogP contribution in [0.5, 0.6) is 0 Å². The molecule has 1 fully saturated rings. The number of rotatable bonds is 9. The van der Waals surface area contributed by atoms with Crippen molar-refractivity contribution in [3.8, 4) is 0 Å². The summed E-state index contributed by atoms with van der Waals surface area (Å²) in [7, 11) is -1.61. The molecule has 140 valence electrons. The Labute approximate surface area is 155 Å². The quantitative estimate of drug-likeness (QED) is 0.266. The van der Waals surface area contributed by atoms with Crippen molar-refractivity contribution in [2.24, 2.45) is 7.05 Å². The monoisotopic (exact) mass is 411 g/mol. The second kappa shape index (κ2) is 9.12. The van der Waals surface area contributed by atoms with Crippen LogP contribution in [0.2, 0.25) is 0 Å². The van der Waals surface area contributed by atoms with Crippen molar-refractivity contribution in [3.05, 3.63) is 28.2 Å². The van der Waals surface area contributed by atoms with E-state index in [9.17, 15) is 14.7 Å². The summed E-state index contributed by atoms with van der Waals surface area (Å²) in [6.07, 6.45) is 4.40. The summed E-state index contributed by atoms with van der Waals surface area (Å²) in [5.74, 6) is 1.02. The van der Waals surface area contributed by atoms with E-state index in [1.807, 2.05) is 0 Å². The van der Waals surface area contributed by atoms with Gasteiger partial charge in [0.15, 0.2) is 0 Å².